The lowest BCUT2D eigenvalue weighted by Gasteiger charge is -2.34. The van der Waals surface area contributed by atoms with E-state index in [9.17, 15) is 5.11 Å². The van der Waals surface area contributed by atoms with Gasteiger partial charge in [-0.15, -0.1) is 0 Å². The molecule has 2 aliphatic heterocycles. The highest BCUT2D eigenvalue weighted by atomic mass is 16.5. The predicted molar refractivity (Wildman–Crippen MR) is 134 cm³/mol. The van der Waals surface area contributed by atoms with E-state index in [2.05, 4.69) is 59.5 Å². The van der Waals surface area contributed by atoms with Crippen molar-refractivity contribution in [2.75, 3.05) is 26.2 Å². The molecule has 2 aliphatic rings. The molecule has 0 amide bonds. The standard InChI is InChI=1S/C30H35NO2/c32-26-16-17-27-29(21-26)33-22-28(24-10-4-1-5-11-24)30(27)25-14-12-23(13-15-25)9-3-2-6-18-31-19-7-8-20-31/h1,4-5,10-17,21,28,30,32H,2-3,6-9,18-20,22H2/t28-,30?/m1/s1. The van der Waals surface area contributed by atoms with Gasteiger partial charge in [0.1, 0.15) is 11.5 Å². The van der Waals surface area contributed by atoms with Crippen molar-refractivity contribution in [1.82, 2.24) is 4.90 Å². The Bertz CT molecular complexity index is 1020. The van der Waals surface area contributed by atoms with Crippen molar-refractivity contribution in [3.05, 3.63) is 95.1 Å². The lowest BCUT2D eigenvalue weighted by molar-refractivity contribution is 0.248. The van der Waals surface area contributed by atoms with Gasteiger partial charge in [0.15, 0.2) is 0 Å². The zero-order valence-corrected chi connectivity index (χ0v) is 19.5. The van der Waals surface area contributed by atoms with Crippen LogP contribution in [-0.4, -0.2) is 36.2 Å². The number of fused-ring (bicyclic) bond motifs is 1. The smallest absolute Gasteiger partial charge is 0.126 e. The van der Waals surface area contributed by atoms with Gasteiger partial charge in [0.2, 0.25) is 0 Å². The van der Waals surface area contributed by atoms with Crippen LogP contribution in [-0.2, 0) is 6.42 Å². The third kappa shape index (κ3) is 5.25. The van der Waals surface area contributed by atoms with E-state index >= 15 is 0 Å². The number of phenols is 1. The number of phenolic OH excluding ortho intramolecular Hbond substituents is 1. The molecule has 3 aromatic carbocycles. The summed E-state index contributed by atoms with van der Waals surface area (Å²) in [6.45, 7) is 4.50. The highest BCUT2D eigenvalue weighted by Gasteiger charge is 2.33. The number of benzene rings is 3. The fourth-order valence-electron chi connectivity index (χ4n) is 5.54. The quantitative estimate of drug-likeness (QED) is 0.405. The van der Waals surface area contributed by atoms with Crippen molar-refractivity contribution in [2.24, 2.45) is 0 Å². The van der Waals surface area contributed by atoms with Crippen LogP contribution in [0.5, 0.6) is 11.5 Å². The van der Waals surface area contributed by atoms with E-state index in [1.807, 2.05) is 6.07 Å². The number of aromatic hydroxyl groups is 1. The summed E-state index contributed by atoms with van der Waals surface area (Å²) in [4.78, 5) is 2.61. The Kier molecular flexibility index (Phi) is 6.97. The molecule has 0 bridgehead atoms. The molecule has 3 nitrogen and oxygen atoms in total. The minimum absolute atomic E-state index is 0.214. The molecule has 0 saturated carbocycles. The van der Waals surface area contributed by atoms with Crippen LogP contribution in [0.25, 0.3) is 0 Å². The van der Waals surface area contributed by atoms with Crippen LogP contribution in [0.4, 0.5) is 0 Å². The number of aryl methyl sites for hydroxylation is 1. The van der Waals surface area contributed by atoms with Crippen LogP contribution in [0.1, 0.15) is 66.2 Å². The average Bonchev–Trinajstić information content (AvgIpc) is 3.38. The molecule has 1 saturated heterocycles. The molecular weight excluding hydrogens is 406 g/mol. The number of hydrogen-bond acceptors (Lipinski definition) is 3. The van der Waals surface area contributed by atoms with E-state index in [1.165, 1.54) is 68.4 Å². The van der Waals surface area contributed by atoms with Gasteiger partial charge in [-0.3, -0.25) is 0 Å². The average molecular weight is 442 g/mol. The fourth-order valence-corrected chi connectivity index (χ4v) is 5.54. The van der Waals surface area contributed by atoms with Gasteiger partial charge < -0.3 is 14.7 Å². The van der Waals surface area contributed by atoms with Crippen molar-refractivity contribution in [3.8, 4) is 11.5 Å². The van der Waals surface area contributed by atoms with Crippen molar-refractivity contribution in [3.63, 3.8) is 0 Å². The molecule has 1 N–H and O–H groups in total. The van der Waals surface area contributed by atoms with Gasteiger partial charge in [-0.2, -0.15) is 0 Å². The number of hydrogen-bond donors (Lipinski definition) is 1. The van der Waals surface area contributed by atoms with E-state index < -0.39 is 0 Å². The molecule has 5 rings (SSSR count). The van der Waals surface area contributed by atoms with Crippen molar-refractivity contribution in [1.29, 1.82) is 0 Å². The summed E-state index contributed by atoms with van der Waals surface area (Å²) in [5.41, 5.74) is 5.19. The second-order valence-electron chi connectivity index (χ2n) is 9.63. The van der Waals surface area contributed by atoms with E-state index in [0.29, 0.717) is 6.61 Å². The maximum atomic E-state index is 9.96. The van der Waals surface area contributed by atoms with Crippen LogP contribution in [0.15, 0.2) is 72.8 Å². The molecular formula is C30H35NO2. The first kappa shape index (κ1) is 22.0. The second-order valence-corrected chi connectivity index (χ2v) is 9.63. The van der Waals surface area contributed by atoms with Crippen LogP contribution in [0.2, 0.25) is 0 Å². The summed E-state index contributed by atoms with van der Waals surface area (Å²) in [6.07, 6.45) is 7.82. The molecule has 0 aromatic heterocycles. The highest BCUT2D eigenvalue weighted by molar-refractivity contribution is 5.50. The van der Waals surface area contributed by atoms with Crippen LogP contribution in [0, 0.1) is 0 Å². The Labute approximate surface area is 198 Å². The first-order valence-corrected chi connectivity index (χ1v) is 12.6. The molecule has 0 radical (unpaired) electrons. The monoisotopic (exact) mass is 441 g/mol. The Morgan fingerprint density at radius 2 is 1.61 bits per heavy atom. The first-order chi connectivity index (χ1) is 16.3. The summed E-state index contributed by atoms with van der Waals surface area (Å²) in [6, 6.07) is 25.5. The normalized spacial score (nSPS) is 20.4. The van der Waals surface area contributed by atoms with E-state index in [-0.39, 0.29) is 17.6 Å². The van der Waals surface area contributed by atoms with Crippen molar-refractivity contribution >= 4 is 0 Å². The minimum atomic E-state index is 0.214. The molecule has 0 aliphatic carbocycles. The number of nitrogens with zero attached hydrogens (tertiary/aromatic N) is 1. The molecule has 172 valence electrons. The minimum Gasteiger partial charge on any atom is -0.508 e. The molecule has 1 unspecified atom stereocenters. The zero-order chi connectivity index (χ0) is 22.5. The third-order valence-corrected chi connectivity index (χ3v) is 7.36. The Morgan fingerprint density at radius 3 is 2.39 bits per heavy atom. The summed E-state index contributed by atoms with van der Waals surface area (Å²) in [7, 11) is 0. The van der Waals surface area contributed by atoms with Crippen molar-refractivity contribution in [2.45, 2.75) is 50.4 Å². The lowest BCUT2D eigenvalue weighted by atomic mass is 9.75. The summed E-state index contributed by atoms with van der Waals surface area (Å²) in [5.74, 6) is 1.52. The maximum absolute atomic E-state index is 9.96. The zero-order valence-electron chi connectivity index (χ0n) is 19.5. The number of likely N-dealkylation sites (tertiary alicyclic amines) is 1. The predicted octanol–water partition coefficient (Wildman–Crippen LogP) is 6.51. The van der Waals surface area contributed by atoms with Crippen LogP contribution >= 0.6 is 0 Å². The maximum Gasteiger partial charge on any atom is 0.126 e. The van der Waals surface area contributed by atoms with Gasteiger partial charge in [0, 0.05) is 23.5 Å². The van der Waals surface area contributed by atoms with Gasteiger partial charge in [-0.05, 0) is 74.5 Å². The first-order valence-electron chi connectivity index (χ1n) is 12.6. The molecule has 33 heavy (non-hydrogen) atoms. The molecule has 2 atom stereocenters. The van der Waals surface area contributed by atoms with Gasteiger partial charge >= 0.3 is 0 Å². The highest BCUT2D eigenvalue weighted by Crippen LogP contribution is 2.46. The van der Waals surface area contributed by atoms with E-state index in [0.717, 1.165) is 17.7 Å². The summed E-state index contributed by atoms with van der Waals surface area (Å²) in [5, 5.41) is 9.96. The Balaban J connectivity index is 1.28. The topological polar surface area (TPSA) is 32.7 Å². The van der Waals surface area contributed by atoms with Crippen LogP contribution in [0.3, 0.4) is 0 Å². The van der Waals surface area contributed by atoms with Crippen LogP contribution < -0.4 is 4.74 Å². The summed E-state index contributed by atoms with van der Waals surface area (Å²) < 4.78 is 6.10. The molecule has 3 aromatic rings. The Hall–Kier alpha value is -2.78. The van der Waals surface area contributed by atoms with Crippen molar-refractivity contribution < 1.29 is 9.84 Å². The fraction of sp³-hybridized carbons (Fsp3) is 0.400. The number of unbranched alkanes of at least 4 members (excludes halogenated alkanes) is 2. The van der Waals surface area contributed by atoms with Gasteiger partial charge in [-0.1, -0.05) is 67.1 Å². The van der Waals surface area contributed by atoms with E-state index in [4.69, 9.17) is 4.74 Å². The molecule has 0 spiro atoms. The Morgan fingerprint density at radius 1 is 0.818 bits per heavy atom. The van der Waals surface area contributed by atoms with Gasteiger partial charge in [0.25, 0.3) is 0 Å². The lowest BCUT2D eigenvalue weighted by Crippen LogP contribution is -2.25. The van der Waals surface area contributed by atoms with Gasteiger partial charge in [-0.25, -0.2) is 0 Å². The molecule has 1 fully saturated rings. The molecule has 2 heterocycles. The summed E-state index contributed by atoms with van der Waals surface area (Å²) >= 11 is 0. The number of rotatable bonds is 8. The third-order valence-electron chi connectivity index (χ3n) is 7.36. The SMILES string of the molecule is Oc1ccc2c(c1)OC[C@H](c1ccccc1)C2c1ccc(CCCCCN2CCCC2)cc1. The number of ether oxygens (including phenoxy) is 1. The largest absolute Gasteiger partial charge is 0.508 e. The van der Waals surface area contributed by atoms with Gasteiger partial charge in [0.05, 0.1) is 6.61 Å². The second kappa shape index (κ2) is 10.4. The van der Waals surface area contributed by atoms with E-state index in [1.54, 1.807) is 12.1 Å². The molecule has 3 heteroatoms.